The number of likely N-dealkylation sites (tertiary alicyclic amines) is 1. The van der Waals surface area contributed by atoms with Crippen LogP contribution >= 0.6 is 0 Å². The van der Waals surface area contributed by atoms with Crippen molar-refractivity contribution in [3.8, 4) is 5.75 Å². The Morgan fingerprint density at radius 1 is 1.28 bits per heavy atom. The average molecular weight is 356 g/mol. The highest BCUT2D eigenvalue weighted by Gasteiger charge is 2.41. The molecule has 2 fully saturated rings. The number of carbonyl (C=O) groups is 2. The molecule has 136 valence electrons. The molecule has 1 aromatic rings. The van der Waals surface area contributed by atoms with Gasteiger partial charge < -0.3 is 15.0 Å². The van der Waals surface area contributed by atoms with E-state index in [1.807, 2.05) is 0 Å². The first-order valence-electron chi connectivity index (χ1n) is 8.24. The number of hydrogen-bond acceptors (Lipinski definition) is 3. The first kappa shape index (κ1) is 17.6. The molecule has 0 unspecified atom stereocenters. The van der Waals surface area contributed by atoms with E-state index in [9.17, 15) is 22.8 Å². The summed E-state index contributed by atoms with van der Waals surface area (Å²) in [5, 5.41) is 2.71. The number of rotatable bonds is 6. The quantitative estimate of drug-likeness (QED) is 0.851. The van der Waals surface area contributed by atoms with Crippen LogP contribution in [0.25, 0.3) is 0 Å². The molecule has 1 atom stereocenters. The maximum atomic E-state index is 12.4. The van der Waals surface area contributed by atoms with E-state index in [1.54, 1.807) is 11.0 Å². The molecular formula is C17H19F3N2O3. The molecule has 1 aromatic carbocycles. The number of hydrogen-bond donors (Lipinski definition) is 1. The zero-order valence-corrected chi connectivity index (χ0v) is 13.5. The Bertz CT molecular complexity index is 659. The summed E-state index contributed by atoms with van der Waals surface area (Å²) in [6.45, 7) is 0.619. The molecule has 2 amide bonds. The highest BCUT2D eigenvalue weighted by molar-refractivity contribution is 5.89. The summed E-state index contributed by atoms with van der Waals surface area (Å²) in [5.41, 5.74) is 0.363. The fraction of sp³-hybridized carbons (Fsp3) is 0.529. The number of nitrogens with zero attached hydrogens (tertiary/aromatic N) is 1. The summed E-state index contributed by atoms with van der Waals surface area (Å²) in [6.07, 6.45) is -2.34. The van der Waals surface area contributed by atoms with Gasteiger partial charge in [0.05, 0.1) is 5.92 Å². The molecule has 0 aromatic heterocycles. The number of halogens is 3. The topological polar surface area (TPSA) is 58.6 Å². The predicted octanol–water partition coefficient (Wildman–Crippen LogP) is 2.25. The fourth-order valence-electron chi connectivity index (χ4n) is 3.05. The maximum Gasteiger partial charge on any atom is 0.573 e. The van der Waals surface area contributed by atoms with Crippen LogP contribution < -0.4 is 10.1 Å². The monoisotopic (exact) mass is 356 g/mol. The molecule has 0 spiro atoms. The van der Waals surface area contributed by atoms with Crippen LogP contribution in [0.4, 0.5) is 13.2 Å². The van der Waals surface area contributed by atoms with Gasteiger partial charge in [-0.25, -0.2) is 0 Å². The summed E-state index contributed by atoms with van der Waals surface area (Å²) in [6, 6.07) is 6.13. The molecular weight excluding hydrogens is 337 g/mol. The highest BCUT2D eigenvalue weighted by Crippen LogP contribution is 2.32. The van der Waals surface area contributed by atoms with Crippen molar-refractivity contribution in [1.82, 2.24) is 10.2 Å². The average Bonchev–Trinajstić information content (AvgIpc) is 3.30. The Balaban J connectivity index is 1.50. The maximum absolute atomic E-state index is 12.4. The molecule has 8 heteroatoms. The van der Waals surface area contributed by atoms with E-state index in [-0.39, 0.29) is 48.9 Å². The summed E-state index contributed by atoms with van der Waals surface area (Å²) in [4.78, 5) is 25.8. The van der Waals surface area contributed by atoms with Crippen LogP contribution in [0.1, 0.15) is 24.8 Å². The van der Waals surface area contributed by atoms with E-state index in [2.05, 4.69) is 10.1 Å². The van der Waals surface area contributed by atoms with Gasteiger partial charge in [-0.15, -0.1) is 13.2 Å². The Hall–Kier alpha value is -2.25. The molecule has 1 heterocycles. The molecule has 0 radical (unpaired) electrons. The number of ether oxygens (including phenoxy) is 1. The molecule has 2 aliphatic rings. The lowest BCUT2D eigenvalue weighted by molar-refractivity contribution is -0.274. The first-order chi connectivity index (χ1) is 11.8. The Labute approximate surface area is 143 Å². The number of para-hydroxylation sites is 1. The second-order valence-electron chi connectivity index (χ2n) is 6.37. The van der Waals surface area contributed by atoms with Gasteiger partial charge in [0.25, 0.3) is 0 Å². The second kappa shape index (κ2) is 6.93. The van der Waals surface area contributed by atoms with Crippen LogP contribution in [-0.2, 0) is 16.0 Å². The van der Waals surface area contributed by atoms with Gasteiger partial charge in [-0.3, -0.25) is 9.59 Å². The number of alkyl halides is 3. The van der Waals surface area contributed by atoms with E-state index >= 15 is 0 Å². The Kier molecular flexibility index (Phi) is 4.87. The molecule has 5 nitrogen and oxygen atoms in total. The van der Waals surface area contributed by atoms with Crippen molar-refractivity contribution in [2.45, 2.75) is 38.1 Å². The third kappa shape index (κ3) is 4.64. The van der Waals surface area contributed by atoms with Crippen LogP contribution in [0, 0.1) is 5.92 Å². The number of carbonyl (C=O) groups excluding carboxylic acids is 2. The van der Waals surface area contributed by atoms with Crippen LogP contribution in [0.5, 0.6) is 5.75 Å². The molecule has 1 N–H and O–H groups in total. The standard InChI is InChI=1S/C17H19F3N2O3/c18-17(19,20)25-14-4-2-1-3-11(14)7-8-21-16(24)12-9-15(23)22(10-12)13-5-6-13/h1-4,12-13H,5-10H2,(H,21,24)/t12-/m0/s1. The predicted molar refractivity (Wildman–Crippen MR) is 82.7 cm³/mol. The van der Waals surface area contributed by atoms with Crippen molar-refractivity contribution < 1.29 is 27.5 Å². The van der Waals surface area contributed by atoms with Gasteiger partial charge in [-0.2, -0.15) is 0 Å². The number of benzene rings is 1. The minimum Gasteiger partial charge on any atom is -0.406 e. The van der Waals surface area contributed by atoms with Gasteiger partial charge in [-0.05, 0) is 30.9 Å². The second-order valence-corrected chi connectivity index (χ2v) is 6.37. The zero-order valence-electron chi connectivity index (χ0n) is 13.5. The van der Waals surface area contributed by atoms with Crippen molar-refractivity contribution in [3.63, 3.8) is 0 Å². The minimum atomic E-state index is -4.75. The molecule has 1 saturated heterocycles. The lowest BCUT2D eigenvalue weighted by Crippen LogP contribution is -2.34. The fourth-order valence-corrected chi connectivity index (χ4v) is 3.05. The number of amides is 2. The van der Waals surface area contributed by atoms with Crippen LogP contribution in [0.15, 0.2) is 24.3 Å². The summed E-state index contributed by atoms with van der Waals surface area (Å²) < 4.78 is 41.2. The smallest absolute Gasteiger partial charge is 0.406 e. The van der Waals surface area contributed by atoms with Gasteiger partial charge in [0.2, 0.25) is 11.8 Å². The van der Waals surface area contributed by atoms with Crippen LogP contribution in [-0.4, -0.2) is 42.2 Å². The minimum absolute atomic E-state index is 0.00609. The van der Waals surface area contributed by atoms with E-state index in [0.717, 1.165) is 12.8 Å². The molecule has 0 bridgehead atoms. The van der Waals surface area contributed by atoms with Gasteiger partial charge in [-0.1, -0.05) is 18.2 Å². The largest absolute Gasteiger partial charge is 0.573 e. The van der Waals surface area contributed by atoms with E-state index in [1.165, 1.54) is 18.2 Å². The van der Waals surface area contributed by atoms with Gasteiger partial charge in [0.1, 0.15) is 5.75 Å². The first-order valence-corrected chi connectivity index (χ1v) is 8.24. The normalized spacial score (nSPS) is 20.7. The van der Waals surface area contributed by atoms with E-state index in [4.69, 9.17) is 0 Å². The van der Waals surface area contributed by atoms with Crippen molar-refractivity contribution in [2.24, 2.45) is 5.92 Å². The van der Waals surface area contributed by atoms with Gasteiger partial charge in [0.15, 0.2) is 0 Å². The third-order valence-electron chi connectivity index (χ3n) is 4.41. The Morgan fingerprint density at radius 3 is 2.68 bits per heavy atom. The third-order valence-corrected chi connectivity index (χ3v) is 4.41. The number of nitrogens with one attached hydrogen (secondary N) is 1. The van der Waals surface area contributed by atoms with Gasteiger partial charge >= 0.3 is 6.36 Å². The summed E-state index contributed by atoms with van der Waals surface area (Å²) in [7, 11) is 0. The van der Waals surface area contributed by atoms with Crippen molar-refractivity contribution in [1.29, 1.82) is 0 Å². The molecule has 1 aliphatic heterocycles. The summed E-state index contributed by atoms with van der Waals surface area (Å²) >= 11 is 0. The lowest BCUT2D eigenvalue weighted by Gasteiger charge is -2.16. The molecule has 3 rings (SSSR count). The van der Waals surface area contributed by atoms with Crippen molar-refractivity contribution in [2.75, 3.05) is 13.1 Å². The van der Waals surface area contributed by atoms with E-state index in [0.29, 0.717) is 12.1 Å². The van der Waals surface area contributed by atoms with Crippen molar-refractivity contribution in [3.05, 3.63) is 29.8 Å². The highest BCUT2D eigenvalue weighted by atomic mass is 19.4. The van der Waals surface area contributed by atoms with Crippen molar-refractivity contribution >= 4 is 11.8 Å². The molecule has 25 heavy (non-hydrogen) atoms. The lowest BCUT2D eigenvalue weighted by atomic mass is 10.1. The zero-order chi connectivity index (χ0) is 18.0. The molecule has 1 aliphatic carbocycles. The van der Waals surface area contributed by atoms with Crippen LogP contribution in [0.3, 0.4) is 0 Å². The summed E-state index contributed by atoms with van der Waals surface area (Å²) in [5.74, 6) is -0.868. The molecule has 1 saturated carbocycles. The van der Waals surface area contributed by atoms with E-state index < -0.39 is 6.36 Å². The Morgan fingerprint density at radius 2 is 2.00 bits per heavy atom. The van der Waals surface area contributed by atoms with Gasteiger partial charge in [0, 0.05) is 25.6 Å². The SMILES string of the molecule is O=C(NCCc1ccccc1OC(F)(F)F)[C@H]1CC(=O)N(C2CC2)C1. The van der Waals surface area contributed by atoms with Crippen LogP contribution in [0.2, 0.25) is 0 Å².